The summed E-state index contributed by atoms with van der Waals surface area (Å²) in [4.78, 5) is 15.7. The maximum atomic E-state index is 12.7. The van der Waals surface area contributed by atoms with E-state index in [0.29, 0.717) is 22.6 Å². The summed E-state index contributed by atoms with van der Waals surface area (Å²) in [6.45, 7) is 4.73. The van der Waals surface area contributed by atoms with E-state index >= 15 is 0 Å². The molecule has 8 heteroatoms. The average molecular weight is 414 g/mol. The van der Waals surface area contributed by atoms with Crippen LogP contribution in [0.15, 0.2) is 24.4 Å². The number of hydrogen-bond acceptors (Lipinski definition) is 7. The molecule has 4 atom stereocenters. The van der Waals surface area contributed by atoms with Gasteiger partial charge in [0, 0.05) is 25.9 Å². The first-order chi connectivity index (χ1) is 14.2. The maximum Gasteiger partial charge on any atom is 0.263 e. The van der Waals surface area contributed by atoms with Gasteiger partial charge in [-0.3, -0.25) is 4.79 Å². The van der Waals surface area contributed by atoms with Crippen LogP contribution in [0, 0.1) is 24.7 Å². The molecule has 1 saturated heterocycles. The van der Waals surface area contributed by atoms with Crippen molar-refractivity contribution in [3.8, 4) is 0 Å². The third kappa shape index (κ3) is 4.28. The zero-order chi connectivity index (χ0) is 19.8. The van der Waals surface area contributed by atoms with Crippen molar-refractivity contribution in [2.24, 2.45) is 17.8 Å². The highest BCUT2D eigenvalue weighted by Crippen LogP contribution is 2.40. The first kappa shape index (κ1) is 18.9. The Morgan fingerprint density at radius 2 is 2.03 bits per heavy atom. The second-order valence-electron chi connectivity index (χ2n) is 8.70. The van der Waals surface area contributed by atoms with Gasteiger partial charge in [-0.05, 0) is 80.1 Å². The molecular formula is C21H27N5O2S. The molecule has 3 heterocycles. The van der Waals surface area contributed by atoms with Gasteiger partial charge in [0.05, 0.1) is 17.8 Å². The first-order valence-electron chi connectivity index (χ1n) is 10.5. The van der Waals surface area contributed by atoms with Crippen molar-refractivity contribution in [3.63, 3.8) is 0 Å². The lowest BCUT2D eigenvalue weighted by Gasteiger charge is -2.38. The van der Waals surface area contributed by atoms with E-state index in [1.807, 2.05) is 13.0 Å². The smallest absolute Gasteiger partial charge is 0.263 e. The molecule has 154 valence electrons. The van der Waals surface area contributed by atoms with Crippen molar-refractivity contribution in [2.75, 3.05) is 24.6 Å². The van der Waals surface area contributed by atoms with Crippen molar-refractivity contribution in [1.82, 2.24) is 19.9 Å². The van der Waals surface area contributed by atoms with Gasteiger partial charge >= 0.3 is 0 Å². The highest BCUT2D eigenvalue weighted by atomic mass is 32.1. The molecule has 2 saturated carbocycles. The Bertz CT molecular complexity index is 839. The minimum absolute atomic E-state index is 0.0322. The van der Waals surface area contributed by atoms with Crippen molar-refractivity contribution in [3.05, 3.63) is 35.0 Å². The van der Waals surface area contributed by atoms with Crippen LogP contribution in [0.1, 0.15) is 41.0 Å². The van der Waals surface area contributed by atoms with Gasteiger partial charge in [-0.2, -0.15) is 5.10 Å². The molecule has 7 nitrogen and oxygen atoms in total. The van der Waals surface area contributed by atoms with E-state index in [2.05, 4.69) is 30.9 Å². The number of aryl methyl sites for hydroxylation is 1. The Balaban J connectivity index is 1.28. The Morgan fingerprint density at radius 1 is 1.21 bits per heavy atom. The normalized spacial score (nSPS) is 28.9. The molecule has 1 amide bonds. The molecular weight excluding hydrogens is 386 g/mol. The van der Waals surface area contributed by atoms with Crippen LogP contribution in [-0.2, 0) is 4.74 Å². The highest BCUT2D eigenvalue weighted by Gasteiger charge is 2.44. The molecule has 1 aliphatic heterocycles. The molecule has 1 N–H and O–H groups in total. The zero-order valence-corrected chi connectivity index (χ0v) is 17.5. The standard InChI is InChI=1S/C21H27N5O2S/c1-13-2-5-20(25-24-13)26-10-15-8-17(23-21(27)19-6-7-22-29-19)18(9-16(15)11-26)28-12-14-3-4-14/h2,5-7,14-18H,3-4,8-12H2,1H3,(H,23,27)/t15-,16+,17-,18-/m0/s1. The molecule has 0 bridgehead atoms. The van der Waals surface area contributed by atoms with Gasteiger partial charge in [0.1, 0.15) is 4.88 Å². The van der Waals surface area contributed by atoms with Crippen LogP contribution >= 0.6 is 11.5 Å². The minimum Gasteiger partial charge on any atom is -0.376 e. The van der Waals surface area contributed by atoms with E-state index in [1.54, 1.807) is 12.3 Å². The van der Waals surface area contributed by atoms with E-state index in [0.717, 1.165) is 44.0 Å². The van der Waals surface area contributed by atoms with Gasteiger partial charge in [0.25, 0.3) is 5.91 Å². The van der Waals surface area contributed by atoms with Crippen molar-refractivity contribution in [2.45, 2.75) is 44.8 Å². The van der Waals surface area contributed by atoms with Crippen LogP contribution in [0.5, 0.6) is 0 Å². The Hall–Kier alpha value is -2.06. The zero-order valence-electron chi connectivity index (χ0n) is 16.7. The van der Waals surface area contributed by atoms with E-state index in [-0.39, 0.29) is 18.1 Å². The van der Waals surface area contributed by atoms with Gasteiger partial charge in [0.2, 0.25) is 0 Å². The average Bonchev–Trinajstić information content (AvgIpc) is 3.21. The largest absolute Gasteiger partial charge is 0.376 e. The number of hydrogen-bond donors (Lipinski definition) is 1. The summed E-state index contributed by atoms with van der Waals surface area (Å²) in [7, 11) is 0. The predicted molar refractivity (Wildman–Crippen MR) is 111 cm³/mol. The van der Waals surface area contributed by atoms with E-state index in [9.17, 15) is 4.79 Å². The molecule has 0 spiro atoms. The van der Waals surface area contributed by atoms with E-state index in [1.165, 1.54) is 24.4 Å². The van der Waals surface area contributed by atoms with Crippen LogP contribution in [0.4, 0.5) is 5.82 Å². The number of carbonyl (C=O) groups excluding carboxylic acids is 1. The number of anilines is 1. The molecule has 29 heavy (non-hydrogen) atoms. The summed E-state index contributed by atoms with van der Waals surface area (Å²) in [5.74, 6) is 2.74. The van der Waals surface area contributed by atoms with Crippen LogP contribution < -0.4 is 10.2 Å². The van der Waals surface area contributed by atoms with Crippen LogP contribution in [0.2, 0.25) is 0 Å². The number of nitrogens with zero attached hydrogens (tertiary/aromatic N) is 4. The summed E-state index contributed by atoms with van der Waals surface area (Å²) in [6.07, 6.45) is 6.24. The molecule has 0 radical (unpaired) electrons. The molecule has 0 aromatic carbocycles. The predicted octanol–water partition coefficient (Wildman–Crippen LogP) is 2.68. The number of amides is 1. The molecule has 3 aliphatic rings. The summed E-state index contributed by atoms with van der Waals surface area (Å²) >= 11 is 1.24. The van der Waals surface area contributed by atoms with Gasteiger partial charge < -0.3 is 15.0 Å². The van der Waals surface area contributed by atoms with Crippen LogP contribution in [0.3, 0.4) is 0 Å². The minimum atomic E-state index is -0.0322. The van der Waals surface area contributed by atoms with Crippen molar-refractivity contribution < 1.29 is 9.53 Å². The van der Waals surface area contributed by atoms with E-state index < -0.39 is 0 Å². The van der Waals surface area contributed by atoms with Crippen LogP contribution in [-0.4, -0.2) is 52.3 Å². The van der Waals surface area contributed by atoms with E-state index in [4.69, 9.17) is 4.74 Å². The van der Waals surface area contributed by atoms with Crippen molar-refractivity contribution in [1.29, 1.82) is 0 Å². The Morgan fingerprint density at radius 3 is 2.72 bits per heavy atom. The number of ether oxygens (including phenoxy) is 1. The fourth-order valence-electron chi connectivity index (χ4n) is 4.61. The van der Waals surface area contributed by atoms with Gasteiger partial charge in [0.15, 0.2) is 5.82 Å². The first-order valence-corrected chi connectivity index (χ1v) is 11.3. The Kier molecular flexibility index (Phi) is 5.22. The molecule has 0 unspecified atom stereocenters. The topological polar surface area (TPSA) is 80.2 Å². The van der Waals surface area contributed by atoms with Gasteiger partial charge in [-0.25, -0.2) is 4.37 Å². The lowest BCUT2D eigenvalue weighted by atomic mass is 9.77. The van der Waals surface area contributed by atoms with Crippen molar-refractivity contribution >= 4 is 23.3 Å². The summed E-state index contributed by atoms with van der Waals surface area (Å²) < 4.78 is 10.4. The number of nitrogens with one attached hydrogen (secondary N) is 1. The molecule has 2 aromatic rings. The fraction of sp³-hybridized carbons (Fsp3) is 0.619. The third-order valence-electron chi connectivity index (χ3n) is 6.45. The number of rotatable bonds is 6. The highest BCUT2D eigenvalue weighted by molar-refractivity contribution is 7.08. The quantitative estimate of drug-likeness (QED) is 0.784. The SMILES string of the molecule is Cc1ccc(N2C[C@H]3C[C@H](OCC4CC4)[C@@H](NC(=O)c4ccns4)C[C@H]3C2)nn1. The lowest BCUT2D eigenvalue weighted by molar-refractivity contribution is -0.0211. The number of carbonyl (C=O) groups is 1. The van der Waals surface area contributed by atoms with Gasteiger partial charge in [-0.1, -0.05) is 0 Å². The fourth-order valence-corrected chi connectivity index (χ4v) is 5.11. The second kappa shape index (κ2) is 7.99. The molecule has 2 aromatic heterocycles. The number of aromatic nitrogens is 3. The molecule has 2 aliphatic carbocycles. The lowest BCUT2D eigenvalue weighted by Crippen LogP contribution is -2.50. The molecule has 3 fully saturated rings. The third-order valence-corrected chi connectivity index (χ3v) is 7.19. The van der Waals surface area contributed by atoms with Crippen LogP contribution in [0.25, 0.3) is 0 Å². The summed E-state index contributed by atoms with van der Waals surface area (Å²) in [5, 5.41) is 11.8. The summed E-state index contributed by atoms with van der Waals surface area (Å²) in [6, 6.07) is 5.90. The second-order valence-corrected chi connectivity index (χ2v) is 9.53. The maximum absolute atomic E-state index is 12.7. The Labute approximate surface area is 175 Å². The summed E-state index contributed by atoms with van der Waals surface area (Å²) in [5.41, 5.74) is 0.935. The number of fused-ring (bicyclic) bond motifs is 1. The van der Waals surface area contributed by atoms with Gasteiger partial charge in [-0.15, -0.1) is 5.10 Å². The monoisotopic (exact) mass is 413 g/mol. The molecule has 5 rings (SSSR count).